The highest BCUT2D eigenvalue weighted by atomic mass is 19.4. The average Bonchev–Trinajstić information content (AvgIpc) is 2.24. The first-order valence-corrected chi connectivity index (χ1v) is 6.69. The highest BCUT2D eigenvalue weighted by Gasteiger charge is 2.42. The van der Waals surface area contributed by atoms with Crippen molar-refractivity contribution in [1.29, 1.82) is 0 Å². The Balaban J connectivity index is 2.37. The molecule has 1 rings (SSSR count). The van der Waals surface area contributed by atoms with Crippen LogP contribution in [-0.2, 0) is 4.79 Å². The number of hydrogen-bond acceptors (Lipinski definition) is 1. The summed E-state index contributed by atoms with van der Waals surface area (Å²) in [6.07, 6.45) is -1.71. The van der Waals surface area contributed by atoms with Gasteiger partial charge in [0.1, 0.15) is 5.78 Å². The molecule has 1 nitrogen and oxygen atoms in total. The fourth-order valence-electron chi connectivity index (χ4n) is 2.45. The molecule has 4 heteroatoms. The first-order valence-electron chi connectivity index (χ1n) is 6.69. The van der Waals surface area contributed by atoms with Gasteiger partial charge in [0.15, 0.2) is 0 Å². The second-order valence-corrected chi connectivity index (χ2v) is 6.62. The van der Waals surface area contributed by atoms with E-state index in [1.165, 1.54) is 0 Å². The Bertz CT molecular complexity index is 280. The summed E-state index contributed by atoms with van der Waals surface area (Å²) in [5.41, 5.74) is 0.110. The fraction of sp³-hybridized carbons (Fsp3) is 0.929. The van der Waals surface area contributed by atoms with Gasteiger partial charge in [0, 0.05) is 12.3 Å². The van der Waals surface area contributed by atoms with Crippen LogP contribution in [-0.4, -0.2) is 12.0 Å². The lowest BCUT2D eigenvalue weighted by atomic mass is 9.77. The van der Waals surface area contributed by atoms with Crippen LogP contribution in [0.25, 0.3) is 0 Å². The van der Waals surface area contributed by atoms with Gasteiger partial charge in [-0.1, -0.05) is 20.8 Å². The van der Waals surface area contributed by atoms with E-state index >= 15 is 0 Å². The molecule has 0 spiro atoms. The van der Waals surface area contributed by atoms with Crippen molar-refractivity contribution in [2.24, 2.45) is 17.3 Å². The molecule has 106 valence electrons. The minimum absolute atomic E-state index is 0.110. The number of alkyl halides is 3. The monoisotopic (exact) mass is 264 g/mol. The Morgan fingerprint density at radius 2 is 1.56 bits per heavy atom. The van der Waals surface area contributed by atoms with Crippen LogP contribution in [0.15, 0.2) is 0 Å². The topological polar surface area (TPSA) is 17.1 Å². The predicted molar refractivity (Wildman–Crippen MR) is 65.2 cm³/mol. The number of rotatable bonds is 3. The maximum Gasteiger partial charge on any atom is 0.391 e. The minimum atomic E-state index is -4.08. The van der Waals surface area contributed by atoms with Gasteiger partial charge in [-0.15, -0.1) is 0 Å². The minimum Gasteiger partial charge on any atom is -0.299 e. The third-order valence-electron chi connectivity index (χ3n) is 3.77. The molecule has 1 aliphatic carbocycles. The van der Waals surface area contributed by atoms with E-state index in [1.807, 2.05) is 0 Å². The summed E-state index contributed by atoms with van der Waals surface area (Å²) in [4.78, 5) is 11.9. The van der Waals surface area contributed by atoms with Crippen molar-refractivity contribution in [3.8, 4) is 0 Å². The number of hydrogen-bond donors (Lipinski definition) is 0. The maximum absolute atomic E-state index is 12.5. The van der Waals surface area contributed by atoms with Crippen LogP contribution in [0.1, 0.15) is 59.3 Å². The van der Waals surface area contributed by atoms with Crippen molar-refractivity contribution in [2.45, 2.75) is 65.5 Å². The third-order valence-corrected chi connectivity index (χ3v) is 3.77. The second-order valence-electron chi connectivity index (χ2n) is 6.62. The molecule has 0 unspecified atom stereocenters. The lowest BCUT2D eigenvalue weighted by molar-refractivity contribution is -0.184. The maximum atomic E-state index is 12.5. The van der Waals surface area contributed by atoms with Crippen LogP contribution in [0, 0.1) is 17.3 Å². The molecular weight excluding hydrogens is 241 g/mol. The van der Waals surface area contributed by atoms with Crippen LogP contribution in [0.4, 0.5) is 13.2 Å². The van der Waals surface area contributed by atoms with Crippen LogP contribution < -0.4 is 0 Å². The van der Waals surface area contributed by atoms with Gasteiger partial charge in [0.05, 0.1) is 5.92 Å². The molecular formula is C14H23F3O. The summed E-state index contributed by atoms with van der Waals surface area (Å²) < 4.78 is 37.5. The van der Waals surface area contributed by atoms with Gasteiger partial charge in [-0.3, -0.25) is 4.79 Å². The molecule has 0 radical (unpaired) electrons. The van der Waals surface area contributed by atoms with E-state index in [0.29, 0.717) is 19.3 Å². The average molecular weight is 264 g/mol. The number of halogens is 3. The molecule has 18 heavy (non-hydrogen) atoms. The van der Waals surface area contributed by atoms with E-state index < -0.39 is 12.1 Å². The number of ketones is 1. The summed E-state index contributed by atoms with van der Waals surface area (Å²) in [7, 11) is 0. The van der Waals surface area contributed by atoms with Crippen LogP contribution >= 0.6 is 0 Å². The van der Waals surface area contributed by atoms with E-state index in [9.17, 15) is 18.0 Å². The normalized spacial score (nSPS) is 26.1. The molecule has 1 fully saturated rings. The van der Waals surface area contributed by atoms with Gasteiger partial charge >= 0.3 is 6.18 Å². The largest absolute Gasteiger partial charge is 0.391 e. The highest BCUT2D eigenvalue weighted by molar-refractivity contribution is 5.81. The Morgan fingerprint density at radius 1 is 1.06 bits per heavy atom. The Labute approximate surface area is 107 Å². The molecule has 0 aromatic rings. The van der Waals surface area contributed by atoms with Gasteiger partial charge in [-0.05, 0) is 37.5 Å². The smallest absolute Gasteiger partial charge is 0.299 e. The Hall–Kier alpha value is -0.540. The highest BCUT2D eigenvalue weighted by Crippen LogP contribution is 2.40. The van der Waals surface area contributed by atoms with Crippen molar-refractivity contribution in [3.05, 3.63) is 0 Å². The molecule has 0 heterocycles. The molecule has 1 aliphatic rings. The lowest BCUT2D eigenvalue weighted by Gasteiger charge is -2.29. The van der Waals surface area contributed by atoms with Gasteiger partial charge < -0.3 is 0 Å². The Morgan fingerprint density at radius 3 is 1.94 bits per heavy atom. The van der Waals surface area contributed by atoms with E-state index in [1.54, 1.807) is 0 Å². The zero-order valence-corrected chi connectivity index (χ0v) is 11.4. The first-order chi connectivity index (χ1) is 8.09. The molecule has 0 aromatic heterocycles. The lowest BCUT2D eigenvalue weighted by Crippen LogP contribution is -2.30. The van der Waals surface area contributed by atoms with Gasteiger partial charge in [-0.25, -0.2) is 0 Å². The summed E-state index contributed by atoms with van der Waals surface area (Å²) in [6.45, 7) is 6.21. The van der Waals surface area contributed by atoms with Gasteiger partial charge in [-0.2, -0.15) is 13.2 Å². The third kappa shape index (κ3) is 4.99. The van der Waals surface area contributed by atoms with E-state index in [-0.39, 0.29) is 30.0 Å². The van der Waals surface area contributed by atoms with E-state index in [2.05, 4.69) is 20.8 Å². The number of Topliss-reactive ketones (excluding diaryl/α,β-unsaturated/α-hetero) is 1. The summed E-state index contributed by atoms with van der Waals surface area (Å²) in [6, 6.07) is 0. The van der Waals surface area contributed by atoms with E-state index in [4.69, 9.17) is 0 Å². The molecule has 0 bridgehead atoms. The summed E-state index contributed by atoms with van der Waals surface area (Å²) >= 11 is 0. The SMILES string of the molecule is CC(C)(C)CCC(=O)C1CCC(C(F)(F)F)CC1. The van der Waals surface area contributed by atoms with Crippen molar-refractivity contribution in [2.75, 3.05) is 0 Å². The van der Waals surface area contributed by atoms with Crippen LogP contribution in [0.3, 0.4) is 0 Å². The predicted octanol–water partition coefficient (Wildman–Crippen LogP) is 4.75. The second kappa shape index (κ2) is 5.62. The van der Waals surface area contributed by atoms with Gasteiger partial charge in [0.2, 0.25) is 0 Å². The Kier molecular flexibility index (Phi) is 4.84. The molecule has 0 aliphatic heterocycles. The molecule has 0 amide bonds. The molecule has 0 aromatic carbocycles. The van der Waals surface area contributed by atoms with Crippen LogP contribution in [0.2, 0.25) is 0 Å². The van der Waals surface area contributed by atoms with Crippen molar-refractivity contribution < 1.29 is 18.0 Å². The fourth-order valence-corrected chi connectivity index (χ4v) is 2.45. The van der Waals surface area contributed by atoms with Crippen LogP contribution in [0.5, 0.6) is 0 Å². The molecule has 0 N–H and O–H groups in total. The molecule has 0 saturated heterocycles. The quantitative estimate of drug-likeness (QED) is 0.719. The summed E-state index contributed by atoms with van der Waals surface area (Å²) in [5.74, 6) is -1.17. The first kappa shape index (κ1) is 15.5. The zero-order valence-electron chi connectivity index (χ0n) is 11.4. The molecule has 1 saturated carbocycles. The van der Waals surface area contributed by atoms with E-state index in [0.717, 1.165) is 6.42 Å². The summed E-state index contributed by atoms with van der Waals surface area (Å²) in [5, 5.41) is 0. The van der Waals surface area contributed by atoms with Crippen molar-refractivity contribution >= 4 is 5.78 Å². The number of carbonyl (C=O) groups is 1. The standard InChI is InChI=1S/C14H23F3O/c1-13(2,3)9-8-12(18)10-4-6-11(7-5-10)14(15,16)17/h10-11H,4-9H2,1-3H3. The molecule has 0 atom stereocenters. The van der Waals surface area contributed by atoms with Crippen molar-refractivity contribution in [3.63, 3.8) is 0 Å². The number of carbonyl (C=O) groups excluding carboxylic acids is 1. The zero-order chi connectivity index (χ0) is 14.0. The van der Waals surface area contributed by atoms with Gasteiger partial charge in [0.25, 0.3) is 0 Å². The van der Waals surface area contributed by atoms with Crippen molar-refractivity contribution in [1.82, 2.24) is 0 Å².